The van der Waals surface area contributed by atoms with Gasteiger partial charge < -0.3 is 10.8 Å². The van der Waals surface area contributed by atoms with Crippen LogP contribution in [0.25, 0.3) is 0 Å². The molecule has 1 unspecified atom stereocenters. The second-order valence-corrected chi connectivity index (χ2v) is 2.12. The molecule has 1 aliphatic rings. The van der Waals surface area contributed by atoms with Crippen molar-refractivity contribution in [3.05, 3.63) is 11.6 Å². The Bertz CT molecular complexity index is 107. The summed E-state index contributed by atoms with van der Waals surface area (Å²) in [6.45, 7) is 0. The number of nitrogens with two attached hydrogens (primary N) is 1. The molecule has 0 amide bonds. The number of aliphatic hydroxyl groups excluding tert-OH is 1. The summed E-state index contributed by atoms with van der Waals surface area (Å²) in [5.41, 5.74) is 6.19. The van der Waals surface area contributed by atoms with Gasteiger partial charge in [-0.15, -0.1) is 0 Å². The van der Waals surface area contributed by atoms with Crippen LogP contribution in [0, 0.1) is 0 Å². The molecule has 1 rings (SSSR count). The van der Waals surface area contributed by atoms with Crippen molar-refractivity contribution in [2.75, 3.05) is 0 Å². The Kier molecular flexibility index (Phi) is 1.65. The van der Waals surface area contributed by atoms with E-state index in [-0.39, 0.29) is 0 Å². The summed E-state index contributed by atoms with van der Waals surface area (Å²) in [6, 6.07) is 0. The van der Waals surface area contributed by atoms with Gasteiger partial charge in [-0.2, -0.15) is 0 Å². The molecule has 8 heavy (non-hydrogen) atoms. The number of aliphatic hydroxyl groups is 1. The standard InChI is InChI=1S/C6H11NO/c7-6(8)5-3-1-2-4-5/h3,6,8H,1-2,4,7H2. The largest absolute Gasteiger partial charge is 0.375 e. The predicted molar refractivity (Wildman–Crippen MR) is 32.1 cm³/mol. The second-order valence-electron chi connectivity index (χ2n) is 2.12. The van der Waals surface area contributed by atoms with Crippen LogP contribution in [0.15, 0.2) is 11.6 Å². The monoisotopic (exact) mass is 113 g/mol. The van der Waals surface area contributed by atoms with Gasteiger partial charge in [-0.05, 0) is 24.8 Å². The molecule has 2 heteroatoms. The smallest absolute Gasteiger partial charge is 0.124 e. The highest BCUT2D eigenvalue weighted by Gasteiger charge is 2.08. The summed E-state index contributed by atoms with van der Waals surface area (Å²) >= 11 is 0. The van der Waals surface area contributed by atoms with Crippen LogP contribution in [-0.2, 0) is 0 Å². The molecule has 3 N–H and O–H groups in total. The van der Waals surface area contributed by atoms with Crippen LogP contribution in [0.1, 0.15) is 19.3 Å². The van der Waals surface area contributed by atoms with Crippen molar-refractivity contribution in [2.45, 2.75) is 25.5 Å². The maximum atomic E-state index is 8.76. The van der Waals surface area contributed by atoms with E-state index in [9.17, 15) is 0 Å². The lowest BCUT2D eigenvalue weighted by molar-refractivity contribution is 0.216. The lowest BCUT2D eigenvalue weighted by atomic mass is 10.2. The van der Waals surface area contributed by atoms with Gasteiger partial charge in [0.05, 0.1) is 0 Å². The fourth-order valence-corrected chi connectivity index (χ4v) is 0.964. The number of allylic oxidation sites excluding steroid dienone is 1. The first kappa shape index (κ1) is 5.79. The summed E-state index contributed by atoms with van der Waals surface area (Å²) < 4.78 is 0. The van der Waals surface area contributed by atoms with Crippen molar-refractivity contribution in [2.24, 2.45) is 5.73 Å². The topological polar surface area (TPSA) is 46.2 Å². The quantitative estimate of drug-likeness (QED) is 0.381. The van der Waals surface area contributed by atoms with Crippen LogP contribution in [0.3, 0.4) is 0 Å². The third kappa shape index (κ3) is 1.08. The highest BCUT2D eigenvalue weighted by atomic mass is 16.3. The van der Waals surface area contributed by atoms with Crippen LogP contribution in [-0.4, -0.2) is 11.3 Å². The minimum Gasteiger partial charge on any atom is -0.375 e. The maximum Gasteiger partial charge on any atom is 0.124 e. The average molecular weight is 113 g/mol. The molecule has 0 aliphatic heterocycles. The second kappa shape index (κ2) is 2.29. The molecule has 1 atom stereocenters. The van der Waals surface area contributed by atoms with E-state index in [1.807, 2.05) is 6.08 Å². The fourth-order valence-electron chi connectivity index (χ4n) is 0.964. The molecule has 46 valence electrons. The number of hydrogen-bond donors (Lipinski definition) is 2. The molecular formula is C6H11NO. The van der Waals surface area contributed by atoms with Crippen molar-refractivity contribution in [3.8, 4) is 0 Å². The number of rotatable bonds is 1. The van der Waals surface area contributed by atoms with Crippen molar-refractivity contribution >= 4 is 0 Å². The number of hydrogen-bond acceptors (Lipinski definition) is 2. The van der Waals surface area contributed by atoms with Gasteiger partial charge in [0, 0.05) is 0 Å². The van der Waals surface area contributed by atoms with Gasteiger partial charge >= 0.3 is 0 Å². The molecule has 0 aromatic heterocycles. The zero-order valence-electron chi connectivity index (χ0n) is 4.80. The molecule has 0 radical (unpaired) electrons. The van der Waals surface area contributed by atoms with Crippen molar-refractivity contribution < 1.29 is 5.11 Å². The fraction of sp³-hybridized carbons (Fsp3) is 0.667. The summed E-state index contributed by atoms with van der Waals surface area (Å²) in [5.74, 6) is 0. The first-order chi connectivity index (χ1) is 3.80. The van der Waals surface area contributed by atoms with Crippen LogP contribution in [0.5, 0.6) is 0 Å². The molecule has 1 aliphatic carbocycles. The molecule has 0 spiro atoms. The summed E-state index contributed by atoms with van der Waals surface area (Å²) in [4.78, 5) is 0. The summed E-state index contributed by atoms with van der Waals surface area (Å²) in [7, 11) is 0. The maximum absolute atomic E-state index is 8.76. The van der Waals surface area contributed by atoms with Crippen LogP contribution in [0.2, 0.25) is 0 Å². The molecular weight excluding hydrogens is 102 g/mol. The average Bonchev–Trinajstić information content (AvgIpc) is 2.12. The Hall–Kier alpha value is -0.340. The third-order valence-corrected chi connectivity index (χ3v) is 1.46. The zero-order valence-corrected chi connectivity index (χ0v) is 4.80. The van der Waals surface area contributed by atoms with E-state index in [0.717, 1.165) is 24.8 Å². The van der Waals surface area contributed by atoms with E-state index in [1.54, 1.807) is 0 Å². The van der Waals surface area contributed by atoms with E-state index >= 15 is 0 Å². The van der Waals surface area contributed by atoms with Gasteiger partial charge in [0.2, 0.25) is 0 Å². The van der Waals surface area contributed by atoms with Crippen LogP contribution >= 0.6 is 0 Å². The van der Waals surface area contributed by atoms with Crippen LogP contribution in [0.4, 0.5) is 0 Å². The highest BCUT2D eigenvalue weighted by Crippen LogP contribution is 2.18. The molecule has 0 heterocycles. The van der Waals surface area contributed by atoms with Gasteiger partial charge in [0.1, 0.15) is 6.23 Å². The normalized spacial score (nSPS) is 23.0. The Morgan fingerprint density at radius 2 is 2.50 bits per heavy atom. The highest BCUT2D eigenvalue weighted by molar-refractivity contribution is 5.10. The van der Waals surface area contributed by atoms with Crippen LogP contribution < -0.4 is 5.73 Å². The lowest BCUT2D eigenvalue weighted by Gasteiger charge is -2.02. The summed E-state index contributed by atoms with van der Waals surface area (Å²) in [5, 5.41) is 8.76. The van der Waals surface area contributed by atoms with E-state index in [1.165, 1.54) is 0 Å². The van der Waals surface area contributed by atoms with Crippen molar-refractivity contribution in [1.82, 2.24) is 0 Å². The Morgan fingerprint density at radius 1 is 1.75 bits per heavy atom. The van der Waals surface area contributed by atoms with E-state index in [2.05, 4.69) is 0 Å². The molecule has 0 aromatic rings. The van der Waals surface area contributed by atoms with Gasteiger partial charge in [-0.1, -0.05) is 6.08 Å². The van der Waals surface area contributed by atoms with Gasteiger partial charge in [-0.25, -0.2) is 0 Å². The van der Waals surface area contributed by atoms with Gasteiger partial charge in [0.15, 0.2) is 0 Å². The van der Waals surface area contributed by atoms with E-state index in [0.29, 0.717) is 0 Å². The Balaban J connectivity index is 2.45. The molecule has 0 bridgehead atoms. The van der Waals surface area contributed by atoms with Crippen molar-refractivity contribution in [3.63, 3.8) is 0 Å². The minimum absolute atomic E-state index is 0.697. The SMILES string of the molecule is NC(O)C1=CCCC1. The zero-order chi connectivity index (χ0) is 5.98. The lowest BCUT2D eigenvalue weighted by Crippen LogP contribution is -2.20. The van der Waals surface area contributed by atoms with E-state index in [4.69, 9.17) is 10.8 Å². The van der Waals surface area contributed by atoms with Gasteiger partial charge in [-0.3, -0.25) is 0 Å². The minimum atomic E-state index is -0.697. The first-order valence-corrected chi connectivity index (χ1v) is 2.93. The molecule has 2 nitrogen and oxygen atoms in total. The third-order valence-electron chi connectivity index (χ3n) is 1.46. The van der Waals surface area contributed by atoms with Crippen molar-refractivity contribution in [1.29, 1.82) is 0 Å². The molecule has 0 aromatic carbocycles. The summed E-state index contributed by atoms with van der Waals surface area (Å²) in [6.07, 6.45) is 4.55. The molecule has 0 saturated carbocycles. The first-order valence-electron chi connectivity index (χ1n) is 2.93. The Morgan fingerprint density at radius 3 is 2.75 bits per heavy atom. The molecule has 0 saturated heterocycles. The molecule has 0 fully saturated rings. The van der Waals surface area contributed by atoms with Gasteiger partial charge in [0.25, 0.3) is 0 Å². The predicted octanol–water partition coefficient (Wildman–Crippen LogP) is 0.374. The van der Waals surface area contributed by atoms with E-state index < -0.39 is 6.23 Å². The Labute approximate surface area is 49.0 Å².